The Morgan fingerprint density at radius 2 is 1.74 bits per heavy atom. The molecule has 0 spiro atoms. The Balaban J connectivity index is 2.38. The minimum Gasteiger partial charge on any atom is -0.344 e. The highest BCUT2D eigenvalue weighted by Crippen LogP contribution is 2.30. The molecule has 19 heavy (non-hydrogen) atoms. The van der Waals surface area contributed by atoms with Gasteiger partial charge in [0.05, 0.1) is 0 Å². The van der Waals surface area contributed by atoms with Gasteiger partial charge in [-0.05, 0) is 42.3 Å². The fraction of sp³-hybridized carbons (Fsp3) is 0.250. The molecule has 0 aliphatic carbocycles. The monoisotopic (exact) mass is 258 g/mol. The quantitative estimate of drug-likeness (QED) is 0.898. The van der Waals surface area contributed by atoms with Gasteiger partial charge in [-0.25, -0.2) is 4.39 Å². The molecule has 0 unspecified atom stereocenters. The van der Waals surface area contributed by atoms with Crippen LogP contribution in [0.25, 0.3) is 0 Å². The lowest BCUT2D eigenvalue weighted by Crippen LogP contribution is -2.16. The van der Waals surface area contributed by atoms with Gasteiger partial charge in [0.2, 0.25) is 0 Å². The molecular weight excluding hydrogens is 239 g/mol. The molecule has 2 rings (SSSR count). The molecule has 0 saturated heterocycles. The highest BCUT2D eigenvalue weighted by atomic mass is 19.1. The highest BCUT2D eigenvalue weighted by molar-refractivity contribution is 5.66. The number of nitrogens with two attached hydrogens (primary N) is 1. The summed E-state index contributed by atoms with van der Waals surface area (Å²) in [7, 11) is 1.97. The number of anilines is 2. The lowest BCUT2D eigenvalue weighted by molar-refractivity contribution is 0.628. The number of para-hydroxylation sites is 1. The smallest absolute Gasteiger partial charge is 0.123 e. The maximum atomic E-state index is 13.0. The van der Waals surface area contributed by atoms with Crippen molar-refractivity contribution in [1.29, 1.82) is 0 Å². The molecule has 0 aliphatic rings. The molecule has 3 heteroatoms. The highest BCUT2D eigenvalue weighted by Gasteiger charge is 2.13. The number of nitrogens with zero attached hydrogens (tertiary/aromatic N) is 1. The summed E-state index contributed by atoms with van der Waals surface area (Å²) in [5, 5.41) is 0. The van der Waals surface area contributed by atoms with E-state index >= 15 is 0 Å². The van der Waals surface area contributed by atoms with Crippen LogP contribution in [-0.4, -0.2) is 7.05 Å². The van der Waals surface area contributed by atoms with Crippen LogP contribution in [0, 0.1) is 5.82 Å². The molecule has 2 aromatic rings. The number of rotatable bonds is 4. The number of halogens is 1. The van der Waals surface area contributed by atoms with E-state index < -0.39 is 0 Å². The SMILES string of the molecule is CC[C@@H](N)c1ccccc1N(C)c1ccc(F)cc1. The summed E-state index contributed by atoms with van der Waals surface area (Å²) in [5.41, 5.74) is 9.26. The van der Waals surface area contributed by atoms with Crippen LogP contribution in [0.4, 0.5) is 15.8 Å². The van der Waals surface area contributed by atoms with E-state index in [0.717, 1.165) is 23.4 Å². The zero-order valence-electron chi connectivity index (χ0n) is 11.3. The average Bonchev–Trinajstić information content (AvgIpc) is 2.46. The lowest BCUT2D eigenvalue weighted by atomic mass is 10.0. The second-order valence-electron chi connectivity index (χ2n) is 4.61. The number of hydrogen-bond acceptors (Lipinski definition) is 2. The van der Waals surface area contributed by atoms with E-state index in [0.29, 0.717) is 0 Å². The van der Waals surface area contributed by atoms with E-state index in [-0.39, 0.29) is 11.9 Å². The van der Waals surface area contributed by atoms with Crippen LogP contribution in [0.3, 0.4) is 0 Å². The van der Waals surface area contributed by atoms with E-state index in [1.165, 1.54) is 12.1 Å². The Morgan fingerprint density at radius 3 is 2.37 bits per heavy atom. The topological polar surface area (TPSA) is 29.3 Å². The molecule has 0 radical (unpaired) electrons. The van der Waals surface area contributed by atoms with Crippen LogP contribution in [0.2, 0.25) is 0 Å². The molecule has 2 nitrogen and oxygen atoms in total. The summed E-state index contributed by atoms with van der Waals surface area (Å²) in [6, 6.07) is 14.5. The van der Waals surface area contributed by atoms with Crippen molar-refractivity contribution < 1.29 is 4.39 Å². The van der Waals surface area contributed by atoms with Crippen molar-refractivity contribution in [2.24, 2.45) is 5.73 Å². The van der Waals surface area contributed by atoms with Gasteiger partial charge in [-0.3, -0.25) is 0 Å². The Kier molecular flexibility index (Phi) is 4.17. The van der Waals surface area contributed by atoms with E-state index in [1.54, 1.807) is 12.1 Å². The molecule has 0 amide bonds. The van der Waals surface area contributed by atoms with Gasteiger partial charge in [0.15, 0.2) is 0 Å². The van der Waals surface area contributed by atoms with Crippen molar-refractivity contribution in [3.05, 3.63) is 59.9 Å². The zero-order valence-corrected chi connectivity index (χ0v) is 11.3. The Hall–Kier alpha value is -1.87. The maximum Gasteiger partial charge on any atom is 0.123 e. The molecule has 0 heterocycles. The Labute approximate surface area is 113 Å². The Bertz CT molecular complexity index is 537. The predicted octanol–water partition coefficient (Wildman–Crippen LogP) is 4.00. The fourth-order valence-electron chi connectivity index (χ4n) is 2.13. The molecule has 0 bridgehead atoms. The number of hydrogen-bond donors (Lipinski definition) is 1. The van der Waals surface area contributed by atoms with Crippen molar-refractivity contribution >= 4 is 11.4 Å². The summed E-state index contributed by atoms with van der Waals surface area (Å²) in [5.74, 6) is -0.226. The van der Waals surface area contributed by atoms with Crippen molar-refractivity contribution in [1.82, 2.24) is 0 Å². The van der Waals surface area contributed by atoms with Crippen LogP contribution in [-0.2, 0) is 0 Å². The molecule has 1 atom stereocenters. The summed E-state index contributed by atoms with van der Waals surface area (Å²) >= 11 is 0. The third kappa shape index (κ3) is 2.93. The molecule has 2 N–H and O–H groups in total. The average molecular weight is 258 g/mol. The van der Waals surface area contributed by atoms with E-state index in [2.05, 4.69) is 6.92 Å². The normalized spacial score (nSPS) is 12.2. The van der Waals surface area contributed by atoms with Gasteiger partial charge in [-0.2, -0.15) is 0 Å². The van der Waals surface area contributed by atoms with Gasteiger partial charge in [-0.15, -0.1) is 0 Å². The fourth-order valence-corrected chi connectivity index (χ4v) is 2.13. The first-order valence-electron chi connectivity index (χ1n) is 6.47. The van der Waals surface area contributed by atoms with Crippen LogP contribution in [0.15, 0.2) is 48.5 Å². The molecule has 100 valence electrons. The molecule has 0 aromatic heterocycles. The first-order valence-corrected chi connectivity index (χ1v) is 6.47. The van der Waals surface area contributed by atoms with Crippen molar-refractivity contribution in [3.8, 4) is 0 Å². The zero-order chi connectivity index (χ0) is 13.8. The Morgan fingerprint density at radius 1 is 1.11 bits per heavy atom. The summed E-state index contributed by atoms with van der Waals surface area (Å²) < 4.78 is 13.0. The van der Waals surface area contributed by atoms with E-state index in [1.807, 2.05) is 36.2 Å². The van der Waals surface area contributed by atoms with Crippen molar-refractivity contribution in [3.63, 3.8) is 0 Å². The second kappa shape index (κ2) is 5.85. The molecule has 2 aromatic carbocycles. The van der Waals surface area contributed by atoms with Gasteiger partial charge in [0, 0.05) is 24.5 Å². The number of benzene rings is 2. The lowest BCUT2D eigenvalue weighted by Gasteiger charge is -2.24. The third-order valence-electron chi connectivity index (χ3n) is 3.35. The first-order chi connectivity index (χ1) is 9.13. The molecule has 0 fully saturated rings. The van der Waals surface area contributed by atoms with Crippen LogP contribution in [0.1, 0.15) is 24.9 Å². The molecular formula is C16H19FN2. The molecule has 0 saturated carbocycles. The summed E-state index contributed by atoms with van der Waals surface area (Å²) in [6.45, 7) is 2.07. The third-order valence-corrected chi connectivity index (χ3v) is 3.35. The van der Waals surface area contributed by atoms with Gasteiger partial charge < -0.3 is 10.6 Å². The summed E-state index contributed by atoms with van der Waals surface area (Å²) in [4.78, 5) is 2.03. The predicted molar refractivity (Wildman–Crippen MR) is 78.1 cm³/mol. The van der Waals surface area contributed by atoms with Crippen LogP contribution >= 0.6 is 0 Å². The van der Waals surface area contributed by atoms with Crippen molar-refractivity contribution in [2.75, 3.05) is 11.9 Å². The van der Waals surface area contributed by atoms with Crippen LogP contribution < -0.4 is 10.6 Å². The van der Waals surface area contributed by atoms with Gasteiger partial charge >= 0.3 is 0 Å². The van der Waals surface area contributed by atoms with E-state index in [9.17, 15) is 4.39 Å². The standard InChI is InChI=1S/C16H19FN2/c1-3-15(18)14-6-4-5-7-16(14)19(2)13-10-8-12(17)9-11-13/h4-11,15H,3,18H2,1-2H3/t15-/m1/s1. The van der Waals surface area contributed by atoms with Gasteiger partial charge in [0.25, 0.3) is 0 Å². The second-order valence-corrected chi connectivity index (χ2v) is 4.61. The van der Waals surface area contributed by atoms with Gasteiger partial charge in [0.1, 0.15) is 5.82 Å². The van der Waals surface area contributed by atoms with Gasteiger partial charge in [-0.1, -0.05) is 25.1 Å². The minimum absolute atomic E-state index is 0.0131. The first kappa shape index (κ1) is 13.6. The van der Waals surface area contributed by atoms with Crippen molar-refractivity contribution in [2.45, 2.75) is 19.4 Å². The summed E-state index contributed by atoms with van der Waals surface area (Å²) in [6.07, 6.45) is 0.883. The molecule has 0 aliphatic heterocycles. The maximum absolute atomic E-state index is 13.0. The minimum atomic E-state index is -0.226. The van der Waals surface area contributed by atoms with Crippen LogP contribution in [0.5, 0.6) is 0 Å². The van der Waals surface area contributed by atoms with E-state index in [4.69, 9.17) is 5.73 Å². The largest absolute Gasteiger partial charge is 0.344 e.